The van der Waals surface area contributed by atoms with Gasteiger partial charge in [0.1, 0.15) is 5.82 Å². The van der Waals surface area contributed by atoms with Crippen LogP contribution in [0.3, 0.4) is 0 Å². The molecule has 21 heavy (non-hydrogen) atoms. The average molecular weight is 316 g/mol. The molecule has 1 heterocycles. The summed E-state index contributed by atoms with van der Waals surface area (Å²) in [6, 6.07) is 3.16. The van der Waals surface area contributed by atoms with Crippen molar-refractivity contribution in [3.63, 3.8) is 0 Å². The lowest BCUT2D eigenvalue weighted by molar-refractivity contribution is -0.137. The van der Waals surface area contributed by atoms with Gasteiger partial charge in [-0.25, -0.2) is 0 Å². The van der Waals surface area contributed by atoms with E-state index >= 15 is 0 Å². The average Bonchev–Trinajstić information content (AvgIpc) is 2.35. The number of benzene rings is 1. The molecule has 0 amide bonds. The molecule has 0 spiro atoms. The van der Waals surface area contributed by atoms with Gasteiger partial charge in [0.05, 0.1) is 11.3 Å². The number of aromatic nitrogens is 3. The fourth-order valence-corrected chi connectivity index (χ4v) is 2.32. The van der Waals surface area contributed by atoms with Gasteiger partial charge in [0.25, 0.3) is 0 Å². The van der Waals surface area contributed by atoms with Gasteiger partial charge in [0.15, 0.2) is 0 Å². The minimum atomic E-state index is -4.42. The molecule has 0 atom stereocenters. The van der Waals surface area contributed by atoms with E-state index in [0.717, 1.165) is 12.1 Å². The van der Waals surface area contributed by atoms with E-state index in [4.69, 9.17) is 17.2 Å². The molecule has 2 rings (SSSR count). The molecule has 0 bridgehead atoms. The Morgan fingerprint density at radius 1 is 1.00 bits per heavy atom. The van der Waals surface area contributed by atoms with Gasteiger partial charge in [0.2, 0.25) is 11.9 Å². The second-order valence-corrected chi connectivity index (χ2v) is 5.02. The van der Waals surface area contributed by atoms with Gasteiger partial charge >= 0.3 is 6.18 Å². The normalized spacial score (nSPS) is 11.6. The summed E-state index contributed by atoms with van der Waals surface area (Å²) in [7, 11) is 0. The van der Waals surface area contributed by atoms with E-state index in [9.17, 15) is 13.2 Å². The third-order valence-corrected chi connectivity index (χ3v) is 3.50. The standard InChI is InChI=1S/C11H11F3N6S/c12-11(13,14)5-1-2-7(6(15)3-5)21-4-8-18-9(16)20-10(17)19-8/h1-3H,4,15H2,(H4,16,17,18,19,20). The number of halogens is 3. The van der Waals surface area contributed by atoms with Gasteiger partial charge in [0, 0.05) is 10.6 Å². The third kappa shape index (κ3) is 3.88. The van der Waals surface area contributed by atoms with Crippen LogP contribution in [0.15, 0.2) is 23.1 Å². The molecule has 6 nitrogen and oxygen atoms in total. The Morgan fingerprint density at radius 2 is 1.62 bits per heavy atom. The summed E-state index contributed by atoms with van der Waals surface area (Å²) in [5.41, 5.74) is 15.7. The van der Waals surface area contributed by atoms with Crippen molar-refractivity contribution < 1.29 is 13.2 Å². The number of nitrogens with two attached hydrogens (primary N) is 3. The van der Waals surface area contributed by atoms with Crippen molar-refractivity contribution >= 4 is 29.3 Å². The molecule has 0 fully saturated rings. The SMILES string of the molecule is Nc1nc(N)nc(CSc2ccc(C(F)(F)F)cc2N)n1. The van der Waals surface area contributed by atoms with Crippen LogP contribution in [0.2, 0.25) is 0 Å². The lowest BCUT2D eigenvalue weighted by Crippen LogP contribution is -2.07. The number of nitrogens with zero attached hydrogens (tertiary/aromatic N) is 3. The van der Waals surface area contributed by atoms with Crippen molar-refractivity contribution in [3.8, 4) is 0 Å². The summed E-state index contributed by atoms with van der Waals surface area (Å²) in [5, 5.41) is 0. The van der Waals surface area contributed by atoms with E-state index < -0.39 is 11.7 Å². The van der Waals surface area contributed by atoms with Crippen LogP contribution in [0.4, 0.5) is 30.8 Å². The highest BCUT2D eigenvalue weighted by atomic mass is 32.2. The molecule has 2 aromatic rings. The minimum absolute atomic E-state index is 0.0153. The smallest absolute Gasteiger partial charge is 0.398 e. The van der Waals surface area contributed by atoms with Crippen molar-refractivity contribution in [2.24, 2.45) is 0 Å². The molecule has 1 aromatic carbocycles. The molecular formula is C11H11F3N6S. The zero-order valence-electron chi connectivity index (χ0n) is 10.6. The molecule has 0 saturated heterocycles. The first kappa shape index (κ1) is 15.2. The summed E-state index contributed by atoms with van der Waals surface area (Å²) in [4.78, 5) is 11.8. The van der Waals surface area contributed by atoms with Crippen LogP contribution in [-0.4, -0.2) is 15.0 Å². The van der Waals surface area contributed by atoms with Crippen molar-refractivity contribution in [2.75, 3.05) is 17.2 Å². The Bertz CT molecular complexity index is 641. The largest absolute Gasteiger partial charge is 0.416 e. The van der Waals surface area contributed by atoms with E-state index in [1.165, 1.54) is 17.8 Å². The summed E-state index contributed by atoms with van der Waals surface area (Å²) in [6.45, 7) is 0. The first-order valence-corrected chi connectivity index (χ1v) is 6.59. The van der Waals surface area contributed by atoms with E-state index in [-0.39, 0.29) is 23.3 Å². The maximum absolute atomic E-state index is 12.5. The summed E-state index contributed by atoms with van der Waals surface area (Å²) >= 11 is 1.18. The first-order chi connectivity index (χ1) is 9.75. The Hall–Kier alpha value is -2.23. The molecule has 10 heteroatoms. The third-order valence-electron chi connectivity index (χ3n) is 2.41. The van der Waals surface area contributed by atoms with E-state index in [2.05, 4.69) is 15.0 Å². The summed E-state index contributed by atoms with van der Waals surface area (Å²) in [6.07, 6.45) is -4.42. The number of nitrogen functional groups attached to an aromatic ring is 3. The highest BCUT2D eigenvalue weighted by Gasteiger charge is 2.30. The molecule has 0 radical (unpaired) electrons. The predicted molar refractivity (Wildman–Crippen MR) is 74.1 cm³/mol. The highest BCUT2D eigenvalue weighted by molar-refractivity contribution is 7.98. The number of rotatable bonds is 3. The predicted octanol–water partition coefficient (Wildman–Crippen LogP) is 1.93. The number of hydrogen-bond donors (Lipinski definition) is 3. The monoisotopic (exact) mass is 316 g/mol. The van der Waals surface area contributed by atoms with Crippen LogP contribution in [0, 0.1) is 0 Å². The van der Waals surface area contributed by atoms with Gasteiger partial charge in [-0.1, -0.05) is 0 Å². The summed E-state index contributed by atoms with van der Waals surface area (Å²) < 4.78 is 37.6. The number of thioether (sulfide) groups is 1. The van der Waals surface area contributed by atoms with Crippen molar-refractivity contribution in [2.45, 2.75) is 16.8 Å². The molecule has 0 aliphatic carbocycles. The van der Waals surface area contributed by atoms with E-state index in [0.29, 0.717) is 10.7 Å². The molecule has 0 saturated carbocycles. The minimum Gasteiger partial charge on any atom is -0.398 e. The van der Waals surface area contributed by atoms with Gasteiger partial charge in [-0.15, -0.1) is 11.8 Å². The Labute approximate surface area is 122 Å². The molecule has 1 aromatic heterocycles. The van der Waals surface area contributed by atoms with Gasteiger partial charge in [-0.05, 0) is 18.2 Å². The quantitative estimate of drug-likeness (QED) is 0.585. The molecular weight excluding hydrogens is 305 g/mol. The van der Waals surface area contributed by atoms with E-state index in [1.54, 1.807) is 0 Å². The van der Waals surface area contributed by atoms with Gasteiger partial charge in [-0.3, -0.25) is 0 Å². The Balaban J connectivity index is 2.13. The maximum atomic E-state index is 12.5. The lowest BCUT2D eigenvalue weighted by atomic mass is 10.2. The molecule has 112 valence electrons. The second-order valence-electron chi connectivity index (χ2n) is 4.01. The van der Waals surface area contributed by atoms with Crippen LogP contribution >= 0.6 is 11.8 Å². The highest BCUT2D eigenvalue weighted by Crippen LogP contribution is 2.34. The van der Waals surface area contributed by atoms with Crippen molar-refractivity contribution in [1.82, 2.24) is 15.0 Å². The number of alkyl halides is 3. The fraction of sp³-hybridized carbons (Fsp3) is 0.182. The topological polar surface area (TPSA) is 117 Å². The van der Waals surface area contributed by atoms with Crippen LogP contribution in [0.5, 0.6) is 0 Å². The molecule has 6 N–H and O–H groups in total. The Morgan fingerprint density at radius 3 is 2.14 bits per heavy atom. The number of hydrogen-bond acceptors (Lipinski definition) is 7. The molecule has 0 aliphatic rings. The Kier molecular flexibility index (Phi) is 4.07. The molecule has 0 unspecified atom stereocenters. The van der Waals surface area contributed by atoms with Crippen LogP contribution in [0.25, 0.3) is 0 Å². The zero-order valence-corrected chi connectivity index (χ0v) is 11.4. The van der Waals surface area contributed by atoms with Crippen LogP contribution < -0.4 is 17.2 Å². The van der Waals surface area contributed by atoms with Crippen molar-refractivity contribution in [3.05, 3.63) is 29.6 Å². The molecule has 0 aliphatic heterocycles. The summed E-state index contributed by atoms with van der Waals surface area (Å²) in [5.74, 6) is 0.549. The second kappa shape index (κ2) is 5.64. The van der Waals surface area contributed by atoms with Crippen LogP contribution in [-0.2, 0) is 11.9 Å². The fourth-order valence-electron chi connectivity index (χ4n) is 1.52. The first-order valence-electron chi connectivity index (χ1n) is 5.61. The zero-order chi connectivity index (χ0) is 15.6. The van der Waals surface area contributed by atoms with Crippen molar-refractivity contribution in [1.29, 1.82) is 0 Å². The van der Waals surface area contributed by atoms with Gasteiger partial charge in [-0.2, -0.15) is 28.1 Å². The van der Waals surface area contributed by atoms with Gasteiger partial charge < -0.3 is 17.2 Å². The maximum Gasteiger partial charge on any atom is 0.416 e. The lowest BCUT2D eigenvalue weighted by Gasteiger charge is -2.10. The van der Waals surface area contributed by atoms with E-state index in [1.807, 2.05) is 0 Å². The van der Waals surface area contributed by atoms with Crippen LogP contribution in [0.1, 0.15) is 11.4 Å². The number of anilines is 3.